The van der Waals surface area contributed by atoms with Gasteiger partial charge in [0.1, 0.15) is 12.0 Å². The van der Waals surface area contributed by atoms with Gasteiger partial charge in [0.2, 0.25) is 0 Å². The largest absolute Gasteiger partial charge is 0.461 e. The van der Waals surface area contributed by atoms with Gasteiger partial charge in [-0.3, -0.25) is 4.79 Å². The Morgan fingerprint density at radius 3 is 2.93 bits per heavy atom. The number of nitriles is 1. The van der Waals surface area contributed by atoms with Gasteiger partial charge in [0.15, 0.2) is 0 Å². The van der Waals surface area contributed by atoms with E-state index >= 15 is 0 Å². The zero-order valence-electron chi connectivity index (χ0n) is 7.94. The molecule has 0 spiro atoms. The van der Waals surface area contributed by atoms with Gasteiger partial charge >= 0.3 is 5.97 Å². The van der Waals surface area contributed by atoms with E-state index in [4.69, 9.17) is 21.6 Å². The Balaban J connectivity index is 3.69. The summed E-state index contributed by atoms with van der Waals surface area (Å²) in [7, 11) is 0. The fourth-order valence-corrected chi connectivity index (χ4v) is 0.814. The molecule has 0 fully saturated rings. The van der Waals surface area contributed by atoms with E-state index in [1.54, 1.807) is 19.1 Å². The predicted molar refractivity (Wildman–Crippen MR) is 54.8 cm³/mol. The van der Waals surface area contributed by atoms with Crippen molar-refractivity contribution in [2.24, 2.45) is 0 Å². The van der Waals surface area contributed by atoms with Gasteiger partial charge in [0.25, 0.3) is 0 Å². The Bertz CT molecular complexity index is 266. The Morgan fingerprint density at radius 1 is 1.64 bits per heavy atom. The van der Waals surface area contributed by atoms with Gasteiger partial charge in [-0.25, -0.2) is 0 Å². The highest BCUT2D eigenvalue weighted by Crippen LogP contribution is 2.00. The maximum absolute atomic E-state index is 10.7. The number of allylic oxidation sites excluding steroid dienone is 3. The Labute approximate surface area is 88.6 Å². The van der Waals surface area contributed by atoms with Crippen LogP contribution in [0.3, 0.4) is 0 Å². The van der Waals surface area contributed by atoms with Gasteiger partial charge in [-0.15, -0.1) is 11.6 Å². The SMILES string of the molecule is C[C@@H](C/C=C/C=C/C#N)OC(=O)CCl. The molecule has 1 atom stereocenters. The second-order valence-corrected chi connectivity index (χ2v) is 2.85. The van der Waals surface area contributed by atoms with E-state index in [2.05, 4.69) is 0 Å². The van der Waals surface area contributed by atoms with Crippen molar-refractivity contribution in [1.82, 2.24) is 0 Å². The lowest BCUT2D eigenvalue weighted by Crippen LogP contribution is -2.14. The highest BCUT2D eigenvalue weighted by molar-refractivity contribution is 6.26. The van der Waals surface area contributed by atoms with E-state index in [0.717, 1.165) is 0 Å². The summed E-state index contributed by atoms with van der Waals surface area (Å²) in [5.41, 5.74) is 0. The first-order chi connectivity index (χ1) is 6.70. The summed E-state index contributed by atoms with van der Waals surface area (Å²) < 4.78 is 4.89. The normalized spacial score (nSPS) is 12.9. The summed E-state index contributed by atoms with van der Waals surface area (Å²) in [5.74, 6) is -0.539. The molecule has 0 amide bonds. The topological polar surface area (TPSA) is 50.1 Å². The molecule has 0 N–H and O–H groups in total. The van der Waals surface area contributed by atoms with E-state index in [-0.39, 0.29) is 12.0 Å². The smallest absolute Gasteiger partial charge is 0.321 e. The molecule has 0 saturated carbocycles. The molecule has 0 aliphatic rings. The number of nitrogens with zero attached hydrogens (tertiary/aromatic N) is 1. The van der Waals surface area contributed by atoms with Crippen LogP contribution in [-0.4, -0.2) is 18.0 Å². The van der Waals surface area contributed by atoms with Crippen LogP contribution in [0.2, 0.25) is 0 Å². The van der Waals surface area contributed by atoms with Gasteiger partial charge in [-0.2, -0.15) is 5.26 Å². The minimum absolute atomic E-state index is 0.123. The molecule has 0 aromatic carbocycles. The van der Waals surface area contributed by atoms with E-state index in [1.165, 1.54) is 6.08 Å². The number of carbonyl (C=O) groups excluding carboxylic acids is 1. The monoisotopic (exact) mass is 213 g/mol. The third-order valence-electron chi connectivity index (χ3n) is 1.33. The minimum atomic E-state index is -0.417. The van der Waals surface area contributed by atoms with Crippen LogP contribution >= 0.6 is 11.6 Å². The lowest BCUT2D eigenvalue weighted by molar-refractivity contribution is -0.144. The van der Waals surface area contributed by atoms with E-state index < -0.39 is 5.97 Å². The van der Waals surface area contributed by atoms with Gasteiger partial charge in [0, 0.05) is 12.5 Å². The number of esters is 1. The predicted octanol–water partition coefficient (Wildman–Crippen LogP) is 2.18. The van der Waals surface area contributed by atoms with E-state index in [9.17, 15) is 4.79 Å². The number of hydrogen-bond donors (Lipinski definition) is 0. The summed E-state index contributed by atoms with van der Waals surface area (Å²) in [5, 5.41) is 8.17. The molecule has 0 rings (SSSR count). The summed E-state index contributed by atoms with van der Waals surface area (Å²) >= 11 is 5.26. The molecule has 0 bridgehead atoms. The van der Waals surface area contributed by atoms with Gasteiger partial charge < -0.3 is 4.74 Å². The van der Waals surface area contributed by atoms with Crippen molar-refractivity contribution >= 4 is 17.6 Å². The summed E-state index contributed by atoms with van der Waals surface area (Å²) in [6, 6.07) is 1.86. The molecular formula is C10H12ClNO2. The first-order valence-corrected chi connectivity index (χ1v) is 4.71. The van der Waals surface area contributed by atoms with Crippen LogP contribution < -0.4 is 0 Å². The maximum Gasteiger partial charge on any atom is 0.321 e. The summed E-state index contributed by atoms with van der Waals surface area (Å²) in [4.78, 5) is 10.7. The highest BCUT2D eigenvalue weighted by Gasteiger charge is 2.05. The molecule has 3 nitrogen and oxygen atoms in total. The molecule has 76 valence electrons. The molecule has 4 heteroatoms. The number of halogens is 1. The van der Waals surface area contributed by atoms with Crippen LogP contribution in [0, 0.1) is 11.3 Å². The van der Waals surface area contributed by atoms with E-state index in [1.807, 2.05) is 12.1 Å². The van der Waals surface area contributed by atoms with Crippen molar-refractivity contribution in [1.29, 1.82) is 5.26 Å². The number of ether oxygens (including phenoxy) is 1. The second-order valence-electron chi connectivity index (χ2n) is 2.59. The summed E-state index contributed by atoms with van der Waals surface area (Å²) in [6.45, 7) is 1.78. The first kappa shape index (κ1) is 12.7. The van der Waals surface area contributed by atoms with Crippen molar-refractivity contribution in [3.8, 4) is 6.07 Å². The minimum Gasteiger partial charge on any atom is -0.461 e. The zero-order valence-corrected chi connectivity index (χ0v) is 8.70. The number of hydrogen-bond acceptors (Lipinski definition) is 3. The number of alkyl halides is 1. The third-order valence-corrected chi connectivity index (χ3v) is 1.55. The molecule has 0 unspecified atom stereocenters. The fourth-order valence-electron chi connectivity index (χ4n) is 0.751. The van der Waals surface area contributed by atoms with Crippen LogP contribution in [0.25, 0.3) is 0 Å². The van der Waals surface area contributed by atoms with Crippen molar-refractivity contribution in [3.63, 3.8) is 0 Å². The fraction of sp³-hybridized carbons (Fsp3) is 0.400. The molecule has 0 aromatic rings. The van der Waals surface area contributed by atoms with Gasteiger partial charge in [0.05, 0.1) is 6.07 Å². The van der Waals surface area contributed by atoms with Crippen molar-refractivity contribution in [2.45, 2.75) is 19.4 Å². The molecular weight excluding hydrogens is 202 g/mol. The van der Waals surface area contributed by atoms with Crippen LogP contribution in [0.15, 0.2) is 24.3 Å². The lowest BCUT2D eigenvalue weighted by atomic mass is 10.2. The van der Waals surface area contributed by atoms with Crippen LogP contribution in [-0.2, 0) is 9.53 Å². The molecule has 0 aliphatic carbocycles. The van der Waals surface area contributed by atoms with Gasteiger partial charge in [-0.1, -0.05) is 18.2 Å². The molecule has 0 aromatic heterocycles. The van der Waals surface area contributed by atoms with Crippen LogP contribution in [0.5, 0.6) is 0 Å². The second kappa shape index (κ2) is 8.33. The quantitative estimate of drug-likeness (QED) is 0.304. The summed E-state index contributed by atoms with van der Waals surface area (Å²) in [6.07, 6.45) is 6.96. The standard InChI is InChI=1S/C10H12ClNO2/c1-9(14-10(13)8-11)6-4-2-3-5-7-12/h2-5,9H,6,8H2,1H3/b4-2+,5-3+/t9-/m0/s1. The number of rotatable bonds is 5. The average Bonchev–Trinajstić information content (AvgIpc) is 2.17. The molecule has 0 radical (unpaired) electrons. The average molecular weight is 214 g/mol. The first-order valence-electron chi connectivity index (χ1n) is 4.17. The number of carbonyl (C=O) groups is 1. The lowest BCUT2D eigenvalue weighted by Gasteiger charge is -2.08. The van der Waals surface area contributed by atoms with Gasteiger partial charge in [-0.05, 0) is 6.92 Å². The van der Waals surface area contributed by atoms with Crippen LogP contribution in [0.4, 0.5) is 0 Å². The van der Waals surface area contributed by atoms with Crippen LogP contribution in [0.1, 0.15) is 13.3 Å². The van der Waals surface area contributed by atoms with Crippen molar-refractivity contribution in [2.75, 3.05) is 5.88 Å². The van der Waals surface area contributed by atoms with Crippen molar-refractivity contribution < 1.29 is 9.53 Å². The molecule has 14 heavy (non-hydrogen) atoms. The Morgan fingerprint density at radius 2 is 2.36 bits per heavy atom. The zero-order chi connectivity index (χ0) is 10.8. The maximum atomic E-state index is 10.7. The van der Waals surface area contributed by atoms with E-state index in [0.29, 0.717) is 6.42 Å². The third kappa shape index (κ3) is 7.38. The Kier molecular flexibility index (Phi) is 7.58. The highest BCUT2D eigenvalue weighted by atomic mass is 35.5. The molecule has 0 saturated heterocycles. The Hall–Kier alpha value is -1.27. The molecule has 0 heterocycles. The molecule has 0 aliphatic heterocycles. The van der Waals surface area contributed by atoms with Crippen molar-refractivity contribution in [3.05, 3.63) is 24.3 Å².